The molecule has 0 aliphatic rings. The number of halogens is 1. The van der Waals surface area contributed by atoms with Gasteiger partial charge in [0.05, 0.1) is 5.69 Å². The number of anilines is 1. The van der Waals surface area contributed by atoms with Crippen LogP contribution in [0.25, 0.3) is 10.9 Å². The normalized spacial score (nSPS) is 11.8. The Hall–Kier alpha value is -3.48. The van der Waals surface area contributed by atoms with E-state index in [1.807, 2.05) is 24.3 Å². The molecule has 1 unspecified atom stereocenters. The van der Waals surface area contributed by atoms with E-state index in [9.17, 15) is 18.8 Å². The number of rotatable bonds is 6. The number of hydrogen-bond donors (Lipinski definition) is 3. The molecular formula is C21H20FN3O3. The second-order valence-electron chi connectivity index (χ2n) is 6.47. The van der Waals surface area contributed by atoms with Crippen LogP contribution in [0.3, 0.4) is 0 Å². The number of pyridine rings is 1. The molecule has 28 heavy (non-hydrogen) atoms. The maximum atomic E-state index is 13.6. The third-order valence-electron chi connectivity index (χ3n) is 4.35. The summed E-state index contributed by atoms with van der Waals surface area (Å²) >= 11 is 0. The Kier molecular flexibility index (Phi) is 5.84. The van der Waals surface area contributed by atoms with Crippen molar-refractivity contribution in [1.29, 1.82) is 0 Å². The van der Waals surface area contributed by atoms with Crippen molar-refractivity contribution in [3.8, 4) is 0 Å². The van der Waals surface area contributed by atoms with Crippen molar-refractivity contribution in [3.63, 3.8) is 0 Å². The molecule has 0 aliphatic carbocycles. The Labute approximate surface area is 160 Å². The topological polar surface area (TPSA) is 91.1 Å². The number of carbonyl (C=O) groups is 2. The Balaban J connectivity index is 1.56. The average Bonchev–Trinajstić information content (AvgIpc) is 2.68. The molecule has 1 heterocycles. The first-order chi connectivity index (χ1) is 13.4. The second-order valence-corrected chi connectivity index (χ2v) is 6.47. The molecule has 7 heteroatoms. The summed E-state index contributed by atoms with van der Waals surface area (Å²) < 4.78 is 13.6. The van der Waals surface area contributed by atoms with E-state index in [1.165, 1.54) is 25.1 Å². The monoisotopic (exact) mass is 381 g/mol. The van der Waals surface area contributed by atoms with Crippen LogP contribution in [-0.4, -0.2) is 22.8 Å². The molecule has 0 fully saturated rings. The van der Waals surface area contributed by atoms with Gasteiger partial charge in [-0.1, -0.05) is 30.3 Å². The first-order valence-corrected chi connectivity index (χ1v) is 8.90. The predicted molar refractivity (Wildman–Crippen MR) is 106 cm³/mol. The fraction of sp³-hybridized carbons (Fsp3) is 0.190. The molecule has 2 amide bonds. The van der Waals surface area contributed by atoms with Gasteiger partial charge < -0.3 is 15.6 Å². The highest BCUT2D eigenvalue weighted by Crippen LogP contribution is 2.13. The summed E-state index contributed by atoms with van der Waals surface area (Å²) in [6.07, 6.45) is 0.298. The van der Waals surface area contributed by atoms with Gasteiger partial charge in [0.25, 0.3) is 5.56 Å². The van der Waals surface area contributed by atoms with Crippen LogP contribution >= 0.6 is 0 Å². The van der Waals surface area contributed by atoms with Crippen molar-refractivity contribution in [3.05, 3.63) is 76.3 Å². The van der Waals surface area contributed by atoms with Crippen molar-refractivity contribution in [1.82, 2.24) is 10.3 Å². The lowest BCUT2D eigenvalue weighted by Crippen LogP contribution is -2.41. The highest BCUT2D eigenvalue weighted by molar-refractivity contribution is 5.97. The molecule has 2 aromatic carbocycles. The van der Waals surface area contributed by atoms with Crippen LogP contribution in [0.5, 0.6) is 0 Å². The summed E-state index contributed by atoms with van der Waals surface area (Å²) in [6.45, 7) is 1.51. The molecule has 0 radical (unpaired) electrons. The number of nitrogens with one attached hydrogen (secondary N) is 3. The fourth-order valence-corrected chi connectivity index (χ4v) is 2.81. The lowest BCUT2D eigenvalue weighted by molar-refractivity contribution is -0.126. The van der Waals surface area contributed by atoms with Crippen LogP contribution in [0.15, 0.2) is 59.4 Å². The zero-order valence-corrected chi connectivity index (χ0v) is 15.3. The van der Waals surface area contributed by atoms with E-state index in [1.54, 1.807) is 12.1 Å². The van der Waals surface area contributed by atoms with E-state index < -0.39 is 17.8 Å². The lowest BCUT2D eigenvalue weighted by atomic mass is 10.1. The Morgan fingerprint density at radius 3 is 2.61 bits per heavy atom. The zero-order valence-electron chi connectivity index (χ0n) is 15.3. The molecule has 1 atom stereocenters. The van der Waals surface area contributed by atoms with E-state index in [0.717, 1.165) is 10.9 Å². The standard InChI is InChI=1S/C21H20FN3O3/c1-13(20(27)25-18-9-5-3-7-16(18)22)23-19(26)11-10-15-12-14-6-2-4-8-17(14)24-21(15)28/h2-9,12-13H,10-11H2,1H3,(H,23,26)(H,24,28)(H,25,27). The number of aromatic nitrogens is 1. The second kappa shape index (κ2) is 8.47. The number of benzene rings is 2. The Bertz CT molecular complexity index is 1080. The molecule has 3 aromatic rings. The molecule has 3 N–H and O–H groups in total. The van der Waals surface area contributed by atoms with Gasteiger partial charge in [-0.2, -0.15) is 0 Å². The van der Waals surface area contributed by atoms with Crippen molar-refractivity contribution < 1.29 is 14.0 Å². The molecule has 0 bridgehead atoms. The number of H-pyrrole nitrogens is 1. The third-order valence-corrected chi connectivity index (χ3v) is 4.35. The van der Waals surface area contributed by atoms with Crippen LogP contribution in [0, 0.1) is 5.82 Å². The van der Waals surface area contributed by atoms with Crippen LogP contribution in [0.1, 0.15) is 18.9 Å². The minimum Gasteiger partial charge on any atom is -0.345 e. The first kappa shape index (κ1) is 19.3. The van der Waals surface area contributed by atoms with Gasteiger partial charge in [-0.3, -0.25) is 14.4 Å². The minimum absolute atomic E-state index is 0.0521. The third kappa shape index (κ3) is 4.62. The summed E-state index contributed by atoms with van der Waals surface area (Å²) in [7, 11) is 0. The molecule has 0 aliphatic heterocycles. The van der Waals surface area contributed by atoms with Gasteiger partial charge in [-0.15, -0.1) is 0 Å². The van der Waals surface area contributed by atoms with Gasteiger partial charge in [0.15, 0.2) is 0 Å². The Morgan fingerprint density at radius 1 is 1.11 bits per heavy atom. The number of carbonyl (C=O) groups excluding carboxylic acids is 2. The van der Waals surface area contributed by atoms with Crippen molar-refractivity contribution >= 4 is 28.4 Å². The van der Waals surface area contributed by atoms with Crippen molar-refractivity contribution in [2.45, 2.75) is 25.8 Å². The number of aromatic amines is 1. The van der Waals surface area contributed by atoms with Crippen LogP contribution in [0.4, 0.5) is 10.1 Å². The van der Waals surface area contributed by atoms with Gasteiger partial charge in [0, 0.05) is 17.5 Å². The van der Waals surface area contributed by atoms with Gasteiger partial charge in [-0.05, 0) is 43.0 Å². The van der Waals surface area contributed by atoms with Crippen LogP contribution < -0.4 is 16.2 Å². The Morgan fingerprint density at radius 2 is 1.82 bits per heavy atom. The van der Waals surface area contributed by atoms with Gasteiger partial charge in [0.2, 0.25) is 11.8 Å². The molecule has 0 spiro atoms. The van der Waals surface area contributed by atoms with E-state index >= 15 is 0 Å². The van der Waals surface area contributed by atoms with Crippen molar-refractivity contribution in [2.24, 2.45) is 0 Å². The number of fused-ring (bicyclic) bond motifs is 1. The van der Waals surface area contributed by atoms with E-state index in [-0.39, 0.29) is 30.0 Å². The molecule has 144 valence electrons. The van der Waals surface area contributed by atoms with Gasteiger partial charge in [0.1, 0.15) is 11.9 Å². The van der Waals surface area contributed by atoms with E-state index in [0.29, 0.717) is 5.56 Å². The predicted octanol–water partition coefficient (Wildman–Crippen LogP) is 2.74. The highest BCUT2D eigenvalue weighted by atomic mass is 19.1. The fourth-order valence-electron chi connectivity index (χ4n) is 2.81. The van der Waals surface area contributed by atoms with E-state index in [2.05, 4.69) is 15.6 Å². The summed E-state index contributed by atoms with van der Waals surface area (Å²) in [5, 5.41) is 5.88. The lowest BCUT2D eigenvalue weighted by Gasteiger charge is -2.14. The van der Waals surface area contributed by atoms with E-state index in [4.69, 9.17) is 0 Å². The largest absolute Gasteiger partial charge is 0.345 e. The number of amides is 2. The zero-order chi connectivity index (χ0) is 20.1. The molecular weight excluding hydrogens is 361 g/mol. The number of aryl methyl sites for hydroxylation is 1. The molecule has 0 saturated carbocycles. The van der Waals surface area contributed by atoms with Gasteiger partial charge >= 0.3 is 0 Å². The summed E-state index contributed by atoms with van der Waals surface area (Å²) in [4.78, 5) is 39.2. The highest BCUT2D eigenvalue weighted by Gasteiger charge is 2.17. The first-order valence-electron chi connectivity index (χ1n) is 8.90. The van der Waals surface area contributed by atoms with Gasteiger partial charge in [-0.25, -0.2) is 4.39 Å². The van der Waals surface area contributed by atoms with Crippen LogP contribution in [-0.2, 0) is 16.0 Å². The summed E-state index contributed by atoms with van der Waals surface area (Å²) in [5.41, 5.74) is 1.05. The number of hydrogen-bond acceptors (Lipinski definition) is 3. The number of para-hydroxylation sites is 2. The molecule has 3 rings (SSSR count). The average molecular weight is 381 g/mol. The maximum absolute atomic E-state index is 13.6. The maximum Gasteiger partial charge on any atom is 0.251 e. The SMILES string of the molecule is CC(NC(=O)CCc1cc2ccccc2[nH]c1=O)C(=O)Nc1ccccc1F. The summed E-state index contributed by atoms with van der Waals surface area (Å²) in [6, 6.07) is 14.1. The molecule has 0 saturated heterocycles. The quantitative estimate of drug-likeness (QED) is 0.613. The molecule has 6 nitrogen and oxygen atoms in total. The minimum atomic E-state index is -0.845. The van der Waals surface area contributed by atoms with Crippen molar-refractivity contribution in [2.75, 3.05) is 5.32 Å². The smallest absolute Gasteiger partial charge is 0.251 e. The van der Waals surface area contributed by atoms with Crippen LogP contribution in [0.2, 0.25) is 0 Å². The summed E-state index contributed by atoms with van der Waals surface area (Å²) in [5.74, 6) is -1.45. The molecule has 1 aromatic heterocycles.